The summed E-state index contributed by atoms with van der Waals surface area (Å²) in [5.74, 6) is 0.0339. The van der Waals surface area contributed by atoms with E-state index in [1.165, 1.54) is 64.3 Å². The fraction of sp³-hybridized carbons (Fsp3) is 0.432. The number of para-hydroxylation sites is 1. The van der Waals surface area contributed by atoms with Crippen molar-refractivity contribution in [2.75, 3.05) is 32.7 Å². The van der Waals surface area contributed by atoms with Crippen molar-refractivity contribution in [1.82, 2.24) is 19.7 Å². The first kappa shape index (κ1) is 28.7. The molecule has 0 radical (unpaired) electrons. The van der Waals surface area contributed by atoms with Gasteiger partial charge in [-0.1, -0.05) is 54.5 Å². The van der Waals surface area contributed by atoms with Gasteiger partial charge >= 0.3 is 0 Å². The van der Waals surface area contributed by atoms with Crippen LogP contribution in [0.15, 0.2) is 72.3 Å². The van der Waals surface area contributed by atoms with Crippen molar-refractivity contribution in [1.29, 1.82) is 0 Å². The molecule has 2 fully saturated rings. The van der Waals surface area contributed by atoms with E-state index in [0.717, 1.165) is 64.1 Å². The summed E-state index contributed by atoms with van der Waals surface area (Å²) in [7, 11) is 0. The molecule has 4 aromatic rings. The molecule has 1 unspecified atom stereocenters. The number of rotatable bonds is 9. The number of carbonyl (C=O) groups is 1. The Bertz CT molecular complexity index is 1540. The maximum Gasteiger partial charge on any atom is 0.251 e. The van der Waals surface area contributed by atoms with Crippen LogP contribution in [0.1, 0.15) is 73.9 Å². The molecule has 6 rings (SSSR count). The molecule has 42 heavy (non-hydrogen) atoms. The number of piperidine rings is 2. The molecule has 2 aliphatic heterocycles. The van der Waals surface area contributed by atoms with Crippen molar-refractivity contribution >= 4 is 33.8 Å². The molecule has 0 saturated carbocycles. The third kappa shape index (κ3) is 6.48. The van der Waals surface area contributed by atoms with Crippen LogP contribution in [0.4, 0.5) is 0 Å². The summed E-state index contributed by atoms with van der Waals surface area (Å²) in [5.41, 5.74) is 7.48. The minimum atomic E-state index is 0.0339. The van der Waals surface area contributed by atoms with Gasteiger partial charge in [0.1, 0.15) is 0 Å². The van der Waals surface area contributed by atoms with Crippen molar-refractivity contribution in [3.8, 4) is 0 Å². The van der Waals surface area contributed by atoms with Crippen LogP contribution >= 0.6 is 0 Å². The summed E-state index contributed by atoms with van der Waals surface area (Å²) in [5, 5.41) is 5.83. The van der Waals surface area contributed by atoms with Crippen LogP contribution in [0.5, 0.6) is 0 Å². The quantitative estimate of drug-likeness (QED) is 0.215. The minimum Gasteiger partial charge on any atom is -0.352 e. The van der Waals surface area contributed by atoms with Crippen LogP contribution < -0.4 is 5.32 Å². The van der Waals surface area contributed by atoms with Gasteiger partial charge in [-0.15, -0.1) is 0 Å². The first-order chi connectivity index (χ1) is 20.6. The second kappa shape index (κ2) is 13.3. The topological polar surface area (TPSA) is 40.5 Å². The molecule has 1 atom stereocenters. The predicted octanol–water partition coefficient (Wildman–Crippen LogP) is 7.49. The molecule has 2 saturated heterocycles. The first-order valence-electron chi connectivity index (χ1n) is 16.1. The summed E-state index contributed by atoms with van der Waals surface area (Å²) in [6, 6.07) is 24.6. The van der Waals surface area contributed by atoms with E-state index in [0.29, 0.717) is 6.04 Å². The lowest BCUT2D eigenvalue weighted by molar-refractivity contribution is 0.0949. The normalized spacial score (nSPS) is 18.5. The predicted molar refractivity (Wildman–Crippen MR) is 176 cm³/mol. The van der Waals surface area contributed by atoms with Crippen molar-refractivity contribution in [2.45, 2.75) is 71.5 Å². The highest BCUT2D eigenvalue weighted by molar-refractivity contribution is 6.08. The van der Waals surface area contributed by atoms with E-state index in [-0.39, 0.29) is 5.91 Å². The van der Waals surface area contributed by atoms with Gasteiger partial charge in [0.2, 0.25) is 0 Å². The fourth-order valence-electron chi connectivity index (χ4n) is 6.98. The van der Waals surface area contributed by atoms with Crippen LogP contribution in [0.3, 0.4) is 0 Å². The largest absolute Gasteiger partial charge is 0.352 e. The standard InChI is InChI=1S/C37H46N4O/c1-3-41-35-11-5-4-10-33(35)34-26-31(14-17-36(34)41)27-39-23-18-30(19-24-39)25-29-12-15-32(16-13-29)37(42)38-20-8-22-40-21-7-6-9-28(40)2/h4-5,10-17,25-26,28H,3,6-9,18-24,27H2,1-2H3,(H,38,42). The Morgan fingerprint density at radius 3 is 2.50 bits per heavy atom. The van der Waals surface area contributed by atoms with E-state index < -0.39 is 0 Å². The van der Waals surface area contributed by atoms with Crippen molar-refractivity contribution in [2.24, 2.45) is 0 Å². The molecule has 3 aromatic carbocycles. The van der Waals surface area contributed by atoms with E-state index in [1.807, 2.05) is 12.1 Å². The number of hydrogen-bond donors (Lipinski definition) is 1. The number of nitrogens with zero attached hydrogens (tertiary/aromatic N) is 3. The van der Waals surface area contributed by atoms with Gasteiger partial charge < -0.3 is 14.8 Å². The van der Waals surface area contributed by atoms with Crippen LogP contribution in [0, 0.1) is 0 Å². The maximum atomic E-state index is 12.7. The van der Waals surface area contributed by atoms with Gasteiger partial charge in [0.25, 0.3) is 5.91 Å². The highest BCUT2D eigenvalue weighted by Gasteiger charge is 2.18. The zero-order valence-corrected chi connectivity index (χ0v) is 25.4. The summed E-state index contributed by atoms with van der Waals surface area (Å²) in [4.78, 5) is 17.8. The Balaban J connectivity index is 0.987. The van der Waals surface area contributed by atoms with E-state index in [1.54, 1.807) is 0 Å². The van der Waals surface area contributed by atoms with E-state index in [9.17, 15) is 4.79 Å². The summed E-state index contributed by atoms with van der Waals surface area (Å²) in [6.45, 7) is 11.7. The SMILES string of the molecule is CCn1c2ccccc2c2cc(CN3CCC(=Cc4ccc(C(=O)NCCCN5CCCCC5C)cc4)CC3)ccc21. The second-order valence-corrected chi connectivity index (χ2v) is 12.3. The Labute approximate surface area is 251 Å². The number of fused-ring (bicyclic) bond motifs is 3. The molecule has 0 spiro atoms. The molecular formula is C37H46N4O. The highest BCUT2D eigenvalue weighted by Crippen LogP contribution is 2.30. The molecule has 220 valence electrons. The van der Waals surface area contributed by atoms with Gasteiger partial charge in [-0.25, -0.2) is 0 Å². The van der Waals surface area contributed by atoms with Crippen LogP contribution in [0.25, 0.3) is 27.9 Å². The van der Waals surface area contributed by atoms with Crippen LogP contribution in [0.2, 0.25) is 0 Å². The lowest BCUT2D eigenvalue weighted by Crippen LogP contribution is -2.39. The zero-order chi connectivity index (χ0) is 28.9. The third-order valence-electron chi connectivity index (χ3n) is 9.45. The molecule has 2 aliphatic rings. The van der Waals surface area contributed by atoms with Crippen molar-refractivity contribution in [3.63, 3.8) is 0 Å². The number of aromatic nitrogens is 1. The smallest absolute Gasteiger partial charge is 0.251 e. The van der Waals surface area contributed by atoms with E-state index >= 15 is 0 Å². The Morgan fingerprint density at radius 2 is 1.71 bits per heavy atom. The van der Waals surface area contributed by atoms with Gasteiger partial charge in [0.05, 0.1) is 0 Å². The highest BCUT2D eigenvalue weighted by atomic mass is 16.1. The number of amides is 1. The van der Waals surface area contributed by atoms with Gasteiger partial charge in [0.15, 0.2) is 0 Å². The molecule has 3 heterocycles. The molecule has 1 amide bonds. The lowest BCUT2D eigenvalue weighted by Gasteiger charge is -2.33. The average Bonchev–Trinajstić information content (AvgIpc) is 3.34. The van der Waals surface area contributed by atoms with Crippen LogP contribution in [-0.4, -0.2) is 59.0 Å². The molecule has 1 aromatic heterocycles. The number of hydrogen-bond acceptors (Lipinski definition) is 3. The minimum absolute atomic E-state index is 0.0339. The van der Waals surface area contributed by atoms with Gasteiger partial charge in [-0.05, 0) is 94.0 Å². The summed E-state index contributed by atoms with van der Waals surface area (Å²) >= 11 is 0. The molecular weight excluding hydrogens is 516 g/mol. The number of nitrogens with one attached hydrogen (secondary N) is 1. The summed E-state index contributed by atoms with van der Waals surface area (Å²) < 4.78 is 2.42. The Morgan fingerprint density at radius 1 is 0.929 bits per heavy atom. The number of carbonyl (C=O) groups excluding carboxylic acids is 1. The molecule has 1 N–H and O–H groups in total. The maximum absolute atomic E-state index is 12.7. The van der Waals surface area contributed by atoms with Gasteiger partial charge in [0, 0.05) is 72.7 Å². The van der Waals surface area contributed by atoms with Crippen molar-refractivity contribution in [3.05, 3.63) is 89.0 Å². The zero-order valence-electron chi connectivity index (χ0n) is 25.4. The molecule has 0 aliphatic carbocycles. The monoisotopic (exact) mass is 562 g/mol. The number of benzene rings is 3. The van der Waals surface area contributed by atoms with Gasteiger partial charge in [-0.3, -0.25) is 9.69 Å². The molecule has 5 nitrogen and oxygen atoms in total. The van der Waals surface area contributed by atoms with Crippen molar-refractivity contribution < 1.29 is 4.79 Å². The third-order valence-corrected chi connectivity index (χ3v) is 9.45. The van der Waals surface area contributed by atoms with E-state index in [4.69, 9.17) is 0 Å². The Hall–Kier alpha value is -3.41. The van der Waals surface area contributed by atoms with Crippen LogP contribution in [-0.2, 0) is 13.1 Å². The van der Waals surface area contributed by atoms with E-state index in [2.05, 4.69) is 94.2 Å². The lowest BCUT2D eigenvalue weighted by atomic mass is 9.99. The second-order valence-electron chi connectivity index (χ2n) is 12.3. The average molecular weight is 563 g/mol. The number of aryl methyl sites for hydroxylation is 1. The van der Waals surface area contributed by atoms with Gasteiger partial charge in [-0.2, -0.15) is 0 Å². The fourth-order valence-corrected chi connectivity index (χ4v) is 6.98. The Kier molecular flexibility index (Phi) is 9.07. The molecule has 0 bridgehead atoms. The number of likely N-dealkylation sites (tertiary alicyclic amines) is 2. The molecule has 5 heteroatoms. The first-order valence-corrected chi connectivity index (χ1v) is 16.1. The summed E-state index contributed by atoms with van der Waals surface area (Å²) in [6.07, 6.45) is 9.48.